The molecule has 1 aliphatic heterocycles. The van der Waals surface area contributed by atoms with E-state index in [0.29, 0.717) is 18.9 Å². The molecule has 0 radical (unpaired) electrons. The Morgan fingerprint density at radius 3 is 3.19 bits per heavy atom. The fourth-order valence-electron chi connectivity index (χ4n) is 2.02. The fourth-order valence-corrected chi connectivity index (χ4v) is 2.02. The van der Waals surface area contributed by atoms with Crippen LogP contribution in [0.5, 0.6) is 5.75 Å². The number of carbonyl (C=O) groups excluding carboxylic acids is 1. The van der Waals surface area contributed by atoms with E-state index in [9.17, 15) is 4.79 Å². The first-order chi connectivity index (χ1) is 7.79. The largest absolute Gasteiger partial charge is 0.494 e. The average Bonchev–Trinajstić information content (AvgIpc) is 2.80. The minimum Gasteiger partial charge on any atom is -0.494 e. The fraction of sp³-hybridized carbons (Fsp3) is 0.250. The van der Waals surface area contributed by atoms with Crippen LogP contribution in [0.25, 0.3) is 10.9 Å². The zero-order valence-corrected chi connectivity index (χ0v) is 8.87. The first-order valence-electron chi connectivity index (χ1n) is 5.24. The molecule has 16 heavy (non-hydrogen) atoms. The van der Waals surface area contributed by atoms with Crippen LogP contribution in [-0.2, 0) is 11.3 Å². The van der Waals surface area contributed by atoms with Gasteiger partial charge in [0.25, 0.3) is 0 Å². The van der Waals surface area contributed by atoms with Crippen LogP contribution in [0.4, 0.5) is 0 Å². The van der Waals surface area contributed by atoms with Crippen molar-refractivity contribution in [3.05, 3.63) is 29.5 Å². The van der Waals surface area contributed by atoms with Gasteiger partial charge in [-0.15, -0.1) is 0 Å². The van der Waals surface area contributed by atoms with Crippen LogP contribution in [0.2, 0.25) is 0 Å². The van der Waals surface area contributed by atoms with Gasteiger partial charge >= 0.3 is 5.97 Å². The van der Waals surface area contributed by atoms with Crippen molar-refractivity contribution in [2.45, 2.75) is 13.5 Å². The number of hydrogen-bond donors (Lipinski definition) is 1. The molecule has 0 atom stereocenters. The highest BCUT2D eigenvalue weighted by atomic mass is 16.5. The van der Waals surface area contributed by atoms with Crippen LogP contribution in [0, 0.1) is 0 Å². The average molecular weight is 217 g/mol. The zero-order chi connectivity index (χ0) is 11.1. The maximum atomic E-state index is 11.4. The summed E-state index contributed by atoms with van der Waals surface area (Å²) < 4.78 is 10.4. The number of cyclic esters (lactones) is 1. The molecular weight excluding hydrogens is 206 g/mol. The Hall–Kier alpha value is -1.97. The first kappa shape index (κ1) is 9.27. The first-order valence-corrected chi connectivity index (χ1v) is 5.24. The molecule has 1 aromatic heterocycles. The maximum absolute atomic E-state index is 11.4. The molecule has 4 heteroatoms. The molecule has 2 heterocycles. The number of ether oxygens (including phenoxy) is 2. The van der Waals surface area contributed by atoms with E-state index in [4.69, 9.17) is 9.47 Å². The Bertz CT molecular complexity index is 571. The van der Waals surface area contributed by atoms with E-state index in [1.165, 1.54) is 0 Å². The summed E-state index contributed by atoms with van der Waals surface area (Å²) in [5, 5.41) is 1.01. The van der Waals surface area contributed by atoms with Gasteiger partial charge in [-0.05, 0) is 25.1 Å². The third-order valence-electron chi connectivity index (χ3n) is 2.74. The lowest BCUT2D eigenvalue weighted by Crippen LogP contribution is -1.94. The second-order valence-corrected chi connectivity index (χ2v) is 3.70. The number of H-pyrrole nitrogens is 1. The molecule has 4 nitrogen and oxygen atoms in total. The number of fused-ring (bicyclic) bond motifs is 3. The molecule has 82 valence electrons. The van der Waals surface area contributed by atoms with Gasteiger partial charge in [0.05, 0.1) is 6.61 Å². The number of nitrogens with one attached hydrogen (secondary N) is 1. The molecule has 0 spiro atoms. The number of hydrogen-bond acceptors (Lipinski definition) is 3. The molecule has 0 aliphatic carbocycles. The van der Waals surface area contributed by atoms with E-state index in [0.717, 1.165) is 22.2 Å². The summed E-state index contributed by atoms with van der Waals surface area (Å²) in [7, 11) is 0. The Labute approximate surface area is 92.2 Å². The van der Waals surface area contributed by atoms with Gasteiger partial charge in [-0.3, -0.25) is 0 Å². The predicted octanol–water partition coefficient (Wildman–Crippen LogP) is 2.24. The van der Waals surface area contributed by atoms with Crippen molar-refractivity contribution >= 4 is 16.9 Å². The normalized spacial score (nSPS) is 13.9. The summed E-state index contributed by atoms with van der Waals surface area (Å²) in [6.07, 6.45) is 0. The summed E-state index contributed by atoms with van der Waals surface area (Å²) in [6, 6.07) is 5.75. The number of esters is 1. The summed E-state index contributed by atoms with van der Waals surface area (Å²) >= 11 is 0. The lowest BCUT2D eigenvalue weighted by atomic mass is 10.1. The number of benzene rings is 1. The van der Waals surface area contributed by atoms with Crippen molar-refractivity contribution in [1.29, 1.82) is 0 Å². The molecule has 1 aromatic carbocycles. The van der Waals surface area contributed by atoms with Crippen molar-refractivity contribution in [3.8, 4) is 5.75 Å². The van der Waals surface area contributed by atoms with E-state index in [1.807, 2.05) is 25.1 Å². The SMILES string of the molecule is CCOc1ccc2[nH]c3c(c2c1)COC3=O. The van der Waals surface area contributed by atoms with E-state index in [2.05, 4.69) is 4.98 Å². The molecule has 2 aromatic rings. The van der Waals surface area contributed by atoms with Crippen LogP contribution >= 0.6 is 0 Å². The summed E-state index contributed by atoms with van der Waals surface area (Å²) in [5.41, 5.74) is 2.45. The number of rotatable bonds is 2. The Balaban J connectivity index is 2.19. The summed E-state index contributed by atoms with van der Waals surface area (Å²) in [4.78, 5) is 14.4. The molecule has 0 amide bonds. The van der Waals surface area contributed by atoms with E-state index in [-0.39, 0.29) is 5.97 Å². The molecule has 0 saturated heterocycles. The molecule has 0 fully saturated rings. The molecule has 3 rings (SSSR count). The zero-order valence-electron chi connectivity index (χ0n) is 8.87. The van der Waals surface area contributed by atoms with Crippen LogP contribution < -0.4 is 4.74 Å². The number of carbonyl (C=O) groups is 1. The van der Waals surface area contributed by atoms with E-state index < -0.39 is 0 Å². The minimum absolute atomic E-state index is 0.274. The summed E-state index contributed by atoms with van der Waals surface area (Å²) in [5.74, 6) is 0.542. The van der Waals surface area contributed by atoms with Gasteiger partial charge in [-0.1, -0.05) is 0 Å². The van der Waals surface area contributed by atoms with Crippen LogP contribution in [0.3, 0.4) is 0 Å². The van der Waals surface area contributed by atoms with Gasteiger partial charge in [0.1, 0.15) is 18.1 Å². The monoisotopic (exact) mass is 217 g/mol. The standard InChI is InChI=1S/C12H11NO3/c1-2-15-7-3-4-10-8(5-7)9-6-16-12(14)11(9)13-10/h3-5,13H,2,6H2,1H3. The molecule has 1 aliphatic rings. The number of aromatic nitrogens is 1. The topological polar surface area (TPSA) is 51.3 Å². The predicted molar refractivity (Wildman–Crippen MR) is 58.6 cm³/mol. The third-order valence-corrected chi connectivity index (χ3v) is 2.74. The minimum atomic E-state index is -0.274. The van der Waals surface area contributed by atoms with Crippen molar-refractivity contribution < 1.29 is 14.3 Å². The Morgan fingerprint density at radius 1 is 1.50 bits per heavy atom. The van der Waals surface area contributed by atoms with Crippen molar-refractivity contribution in [2.75, 3.05) is 6.61 Å². The second kappa shape index (κ2) is 3.27. The smallest absolute Gasteiger partial charge is 0.355 e. The summed E-state index contributed by atoms with van der Waals surface area (Å²) in [6.45, 7) is 2.93. The highest BCUT2D eigenvalue weighted by Gasteiger charge is 2.25. The van der Waals surface area contributed by atoms with E-state index >= 15 is 0 Å². The quantitative estimate of drug-likeness (QED) is 0.785. The number of aromatic amines is 1. The lowest BCUT2D eigenvalue weighted by Gasteiger charge is -2.02. The van der Waals surface area contributed by atoms with Gasteiger partial charge in [0.2, 0.25) is 0 Å². The highest BCUT2D eigenvalue weighted by Crippen LogP contribution is 2.30. The van der Waals surface area contributed by atoms with Crippen molar-refractivity contribution in [2.24, 2.45) is 0 Å². The van der Waals surface area contributed by atoms with E-state index in [1.54, 1.807) is 0 Å². The second-order valence-electron chi connectivity index (χ2n) is 3.70. The van der Waals surface area contributed by atoms with Crippen molar-refractivity contribution in [1.82, 2.24) is 4.98 Å². The van der Waals surface area contributed by atoms with Gasteiger partial charge in [0.15, 0.2) is 0 Å². The van der Waals surface area contributed by atoms with Gasteiger partial charge < -0.3 is 14.5 Å². The Kier molecular flexibility index (Phi) is 1.89. The Morgan fingerprint density at radius 2 is 2.38 bits per heavy atom. The molecular formula is C12H11NO3. The molecule has 0 bridgehead atoms. The maximum Gasteiger partial charge on any atom is 0.355 e. The third kappa shape index (κ3) is 1.19. The van der Waals surface area contributed by atoms with Gasteiger partial charge in [0, 0.05) is 16.5 Å². The lowest BCUT2D eigenvalue weighted by molar-refractivity contribution is 0.0531. The van der Waals surface area contributed by atoms with Crippen molar-refractivity contribution in [3.63, 3.8) is 0 Å². The molecule has 0 unspecified atom stereocenters. The van der Waals surface area contributed by atoms with Crippen LogP contribution in [0.15, 0.2) is 18.2 Å². The van der Waals surface area contributed by atoms with Crippen LogP contribution in [-0.4, -0.2) is 17.6 Å². The molecule has 0 saturated carbocycles. The highest BCUT2D eigenvalue weighted by molar-refractivity contribution is 6.00. The molecule has 1 N–H and O–H groups in total. The van der Waals surface area contributed by atoms with Gasteiger partial charge in [-0.25, -0.2) is 4.79 Å². The van der Waals surface area contributed by atoms with Crippen LogP contribution in [0.1, 0.15) is 23.0 Å². The van der Waals surface area contributed by atoms with Gasteiger partial charge in [-0.2, -0.15) is 0 Å².